The lowest BCUT2D eigenvalue weighted by Gasteiger charge is -2.06. The average molecular weight is 260 g/mol. The molecule has 4 nitrogen and oxygen atoms in total. The van der Waals surface area contributed by atoms with E-state index in [-0.39, 0.29) is 5.97 Å². The highest BCUT2D eigenvalue weighted by Crippen LogP contribution is 2.22. The van der Waals surface area contributed by atoms with Gasteiger partial charge in [-0.3, -0.25) is 4.98 Å². The summed E-state index contributed by atoms with van der Waals surface area (Å²) in [6.07, 6.45) is 4.98. The Labute approximate surface area is 109 Å². The molecule has 0 aliphatic heterocycles. The Morgan fingerprint density at radius 2 is 2.17 bits per heavy atom. The van der Waals surface area contributed by atoms with Crippen molar-refractivity contribution in [1.82, 2.24) is 9.97 Å². The van der Waals surface area contributed by atoms with Gasteiger partial charge in [0.1, 0.15) is 5.03 Å². The van der Waals surface area contributed by atoms with Crippen molar-refractivity contribution in [3.8, 4) is 0 Å². The van der Waals surface area contributed by atoms with Crippen molar-refractivity contribution in [3.63, 3.8) is 0 Å². The summed E-state index contributed by atoms with van der Waals surface area (Å²) in [5.41, 5.74) is 1.52. The van der Waals surface area contributed by atoms with E-state index in [1.54, 1.807) is 24.7 Å². The molecule has 0 unspecified atom stereocenters. The molecule has 1 aromatic carbocycles. The van der Waals surface area contributed by atoms with Crippen molar-refractivity contribution in [2.75, 3.05) is 7.11 Å². The number of aromatic nitrogens is 2. The number of nitrogens with zero attached hydrogens (tertiary/aromatic N) is 2. The van der Waals surface area contributed by atoms with Crippen LogP contribution in [-0.4, -0.2) is 23.0 Å². The van der Waals surface area contributed by atoms with Crippen molar-refractivity contribution >= 4 is 17.7 Å². The van der Waals surface area contributed by atoms with E-state index in [1.165, 1.54) is 18.9 Å². The molecule has 0 amide bonds. The normalized spacial score (nSPS) is 10.1. The minimum atomic E-state index is -0.314. The first kappa shape index (κ1) is 12.6. The molecule has 0 radical (unpaired) electrons. The number of thioether (sulfide) groups is 1. The fourth-order valence-corrected chi connectivity index (χ4v) is 2.29. The number of carbonyl (C=O) groups is 1. The Bertz CT molecular complexity index is 532. The van der Waals surface area contributed by atoms with Crippen LogP contribution in [0.2, 0.25) is 0 Å². The first-order valence-electron chi connectivity index (χ1n) is 5.36. The van der Waals surface area contributed by atoms with Crippen LogP contribution in [0.25, 0.3) is 0 Å². The number of hydrogen-bond acceptors (Lipinski definition) is 5. The zero-order chi connectivity index (χ0) is 12.8. The zero-order valence-corrected chi connectivity index (χ0v) is 10.7. The average Bonchev–Trinajstić information content (AvgIpc) is 2.45. The van der Waals surface area contributed by atoms with Crippen LogP contribution in [0.15, 0.2) is 47.9 Å². The number of ether oxygens (including phenoxy) is 1. The van der Waals surface area contributed by atoms with E-state index in [9.17, 15) is 4.79 Å². The molecule has 2 aromatic rings. The van der Waals surface area contributed by atoms with Gasteiger partial charge in [0.2, 0.25) is 0 Å². The van der Waals surface area contributed by atoms with Crippen LogP contribution >= 0.6 is 11.8 Å². The van der Waals surface area contributed by atoms with E-state index < -0.39 is 0 Å². The minimum absolute atomic E-state index is 0.314. The fourth-order valence-electron chi connectivity index (χ4n) is 1.47. The third-order valence-corrected chi connectivity index (χ3v) is 3.30. The van der Waals surface area contributed by atoms with Gasteiger partial charge in [-0.2, -0.15) is 0 Å². The summed E-state index contributed by atoms with van der Waals surface area (Å²) in [6.45, 7) is 0. The standard InChI is InChI=1S/C13H12N2O2S/c1-17-13(16)11-5-3-2-4-10(11)9-18-12-8-14-6-7-15-12/h2-8H,9H2,1H3. The summed E-state index contributed by atoms with van der Waals surface area (Å²) in [5.74, 6) is 0.342. The molecule has 0 atom stereocenters. The van der Waals surface area contributed by atoms with Crippen LogP contribution in [0.5, 0.6) is 0 Å². The van der Waals surface area contributed by atoms with Gasteiger partial charge < -0.3 is 4.74 Å². The van der Waals surface area contributed by atoms with Crippen LogP contribution in [0.3, 0.4) is 0 Å². The lowest BCUT2D eigenvalue weighted by atomic mass is 10.1. The molecule has 0 saturated carbocycles. The Morgan fingerprint density at radius 3 is 2.89 bits per heavy atom. The molecule has 18 heavy (non-hydrogen) atoms. The number of methoxy groups -OCH3 is 1. The number of carbonyl (C=O) groups excluding carboxylic acids is 1. The van der Waals surface area contributed by atoms with Crippen LogP contribution in [0.1, 0.15) is 15.9 Å². The zero-order valence-electron chi connectivity index (χ0n) is 9.87. The Morgan fingerprint density at radius 1 is 1.33 bits per heavy atom. The van der Waals surface area contributed by atoms with Crippen LogP contribution in [0.4, 0.5) is 0 Å². The smallest absolute Gasteiger partial charge is 0.338 e. The highest BCUT2D eigenvalue weighted by Gasteiger charge is 2.11. The Balaban J connectivity index is 2.12. The van der Waals surface area contributed by atoms with Gasteiger partial charge in [-0.05, 0) is 11.6 Å². The van der Waals surface area contributed by atoms with E-state index >= 15 is 0 Å². The quantitative estimate of drug-likeness (QED) is 0.624. The summed E-state index contributed by atoms with van der Waals surface area (Å²) in [4.78, 5) is 19.8. The minimum Gasteiger partial charge on any atom is -0.465 e. The molecule has 0 aliphatic carbocycles. The summed E-state index contributed by atoms with van der Waals surface area (Å²) in [7, 11) is 1.38. The largest absolute Gasteiger partial charge is 0.465 e. The number of hydrogen-bond donors (Lipinski definition) is 0. The van der Waals surface area contributed by atoms with Gasteiger partial charge >= 0.3 is 5.97 Å². The van der Waals surface area contributed by atoms with E-state index in [0.29, 0.717) is 11.3 Å². The Kier molecular flexibility index (Phi) is 4.30. The lowest BCUT2D eigenvalue weighted by Crippen LogP contribution is -2.04. The van der Waals surface area contributed by atoms with Gasteiger partial charge in [0, 0.05) is 18.1 Å². The molecule has 1 aromatic heterocycles. The predicted molar refractivity (Wildman–Crippen MR) is 69.4 cm³/mol. The van der Waals surface area contributed by atoms with Crippen molar-refractivity contribution in [2.45, 2.75) is 10.8 Å². The number of rotatable bonds is 4. The van der Waals surface area contributed by atoms with Crippen molar-refractivity contribution in [2.24, 2.45) is 0 Å². The molecule has 0 fully saturated rings. The highest BCUT2D eigenvalue weighted by atomic mass is 32.2. The SMILES string of the molecule is COC(=O)c1ccccc1CSc1cnccn1. The molecule has 0 spiro atoms. The molecule has 0 aliphatic rings. The number of benzene rings is 1. The maximum Gasteiger partial charge on any atom is 0.338 e. The summed E-state index contributed by atoms with van der Waals surface area (Å²) >= 11 is 1.53. The van der Waals surface area contributed by atoms with Gasteiger partial charge in [0.05, 0.1) is 18.9 Å². The van der Waals surface area contributed by atoms with Gasteiger partial charge in [0.15, 0.2) is 0 Å². The topological polar surface area (TPSA) is 52.1 Å². The number of esters is 1. The summed E-state index contributed by atoms with van der Waals surface area (Å²) < 4.78 is 4.75. The van der Waals surface area contributed by atoms with Gasteiger partial charge in [-0.25, -0.2) is 9.78 Å². The second-order valence-electron chi connectivity index (χ2n) is 3.48. The summed E-state index contributed by atoms with van der Waals surface area (Å²) in [5, 5.41) is 0.831. The van der Waals surface area contributed by atoms with E-state index in [4.69, 9.17) is 4.74 Å². The van der Waals surface area contributed by atoms with Gasteiger partial charge in [-0.1, -0.05) is 18.2 Å². The van der Waals surface area contributed by atoms with E-state index in [1.807, 2.05) is 18.2 Å². The molecule has 0 bridgehead atoms. The molecular formula is C13H12N2O2S. The molecule has 2 rings (SSSR count). The lowest BCUT2D eigenvalue weighted by molar-refractivity contribution is 0.0600. The molecule has 92 valence electrons. The van der Waals surface area contributed by atoms with Gasteiger partial charge in [0.25, 0.3) is 0 Å². The van der Waals surface area contributed by atoms with Crippen LogP contribution in [0, 0.1) is 0 Å². The second-order valence-corrected chi connectivity index (χ2v) is 4.48. The van der Waals surface area contributed by atoms with E-state index in [2.05, 4.69) is 9.97 Å². The summed E-state index contributed by atoms with van der Waals surface area (Å²) in [6, 6.07) is 7.40. The van der Waals surface area contributed by atoms with Gasteiger partial charge in [-0.15, -0.1) is 11.8 Å². The molecular weight excluding hydrogens is 248 g/mol. The van der Waals surface area contributed by atoms with Crippen molar-refractivity contribution in [1.29, 1.82) is 0 Å². The van der Waals surface area contributed by atoms with E-state index in [0.717, 1.165) is 10.6 Å². The molecule has 0 saturated heterocycles. The second kappa shape index (κ2) is 6.16. The maximum atomic E-state index is 11.6. The predicted octanol–water partition coefficient (Wildman–Crippen LogP) is 2.56. The van der Waals surface area contributed by atoms with Crippen molar-refractivity contribution in [3.05, 3.63) is 54.0 Å². The molecule has 5 heteroatoms. The Hall–Kier alpha value is -1.88. The highest BCUT2D eigenvalue weighted by molar-refractivity contribution is 7.98. The maximum absolute atomic E-state index is 11.6. The monoisotopic (exact) mass is 260 g/mol. The van der Waals surface area contributed by atoms with Crippen LogP contribution < -0.4 is 0 Å². The van der Waals surface area contributed by atoms with Crippen molar-refractivity contribution < 1.29 is 9.53 Å². The third kappa shape index (κ3) is 3.07. The first-order valence-corrected chi connectivity index (χ1v) is 6.35. The first-order chi connectivity index (χ1) is 8.81. The molecule has 0 N–H and O–H groups in total. The fraction of sp³-hybridized carbons (Fsp3) is 0.154. The molecule has 1 heterocycles. The van der Waals surface area contributed by atoms with Crippen LogP contribution in [-0.2, 0) is 10.5 Å². The third-order valence-electron chi connectivity index (χ3n) is 2.34.